The summed E-state index contributed by atoms with van der Waals surface area (Å²) in [6.45, 7) is 27.1. The monoisotopic (exact) mass is 668 g/mol. The van der Waals surface area contributed by atoms with Crippen LogP contribution in [0.1, 0.15) is 147 Å². The third-order valence-corrected chi connectivity index (χ3v) is 9.38. The maximum atomic E-state index is 13.3. The lowest BCUT2D eigenvalue weighted by atomic mass is 9.77. The summed E-state index contributed by atoms with van der Waals surface area (Å²) in [5, 5.41) is 0. The molecule has 0 fully saturated rings. The van der Waals surface area contributed by atoms with Gasteiger partial charge < -0.3 is 18.9 Å². The lowest BCUT2D eigenvalue weighted by molar-refractivity contribution is -0.163. The Morgan fingerprint density at radius 3 is 1.63 bits per heavy atom. The first-order chi connectivity index (χ1) is 22.4. The zero-order valence-electron chi connectivity index (χ0n) is 31.4. The second kappa shape index (κ2) is 12.3. The Balaban J connectivity index is 1.30. The summed E-state index contributed by atoms with van der Waals surface area (Å²) in [5.41, 5.74) is 5.82. The molecule has 0 radical (unpaired) electrons. The van der Waals surface area contributed by atoms with Crippen LogP contribution in [0.5, 0.6) is 17.2 Å². The predicted molar refractivity (Wildman–Crippen MR) is 191 cm³/mol. The molecule has 7 nitrogen and oxygen atoms in total. The first-order valence-corrected chi connectivity index (χ1v) is 17.2. The van der Waals surface area contributed by atoms with E-state index in [-0.39, 0.29) is 34.1 Å². The highest BCUT2D eigenvalue weighted by atomic mass is 16.7. The molecule has 0 spiro atoms. The van der Waals surface area contributed by atoms with E-state index in [1.54, 1.807) is 19.1 Å². The molecule has 262 valence electrons. The number of esters is 3. The van der Waals surface area contributed by atoms with Crippen molar-refractivity contribution in [2.24, 2.45) is 0 Å². The van der Waals surface area contributed by atoms with Gasteiger partial charge in [0, 0.05) is 29.2 Å². The molecule has 0 amide bonds. The molecule has 49 heavy (non-hydrogen) atoms. The minimum Gasteiger partial charge on any atom is -0.455 e. The van der Waals surface area contributed by atoms with Crippen LogP contribution in [0, 0.1) is 0 Å². The smallest absolute Gasteiger partial charge is 0.323 e. The summed E-state index contributed by atoms with van der Waals surface area (Å²) in [6.07, 6.45) is -1.08. The fraction of sp³-hybridized carbons (Fsp3) is 0.500. The first kappa shape index (κ1) is 36.2. The molecule has 2 aliphatic heterocycles. The summed E-state index contributed by atoms with van der Waals surface area (Å²) in [4.78, 5) is 39.5. The van der Waals surface area contributed by atoms with Gasteiger partial charge in [-0.05, 0) is 50.5 Å². The topological polar surface area (TPSA) is 88.1 Å². The molecule has 3 unspecified atom stereocenters. The molecule has 0 saturated carbocycles. The first-order valence-electron chi connectivity index (χ1n) is 17.2. The molecule has 2 aliphatic rings. The zero-order valence-corrected chi connectivity index (χ0v) is 31.4. The van der Waals surface area contributed by atoms with E-state index < -0.39 is 30.1 Å². The van der Waals surface area contributed by atoms with E-state index in [9.17, 15) is 14.4 Å². The highest BCUT2D eigenvalue weighted by Crippen LogP contribution is 2.48. The van der Waals surface area contributed by atoms with Gasteiger partial charge in [-0.25, -0.2) is 0 Å². The molecule has 0 bridgehead atoms. The van der Waals surface area contributed by atoms with E-state index in [4.69, 9.17) is 18.9 Å². The van der Waals surface area contributed by atoms with E-state index in [2.05, 4.69) is 101 Å². The highest BCUT2D eigenvalue weighted by Gasteiger charge is 2.41. The number of carbonyl (C=O) groups excluding carboxylic acids is 3. The van der Waals surface area contributed by atoms with Crippen LogP contribution in [0.4, 0.5) is 0 Å². The van der Waals surface area contributed by atoms with E-state index in [0.29, 0.717) is 17.2 Å². The molecule has 3 atom stereocenters. The van der Waals surface area contributed by atoms with Gasteiger partial charge in [-0.1, -0.05) is 119 Å². The second-order valence-electron chi connectivity index (χ2n) is 17.7. The normalized spacial score (nSPS) is 18.4. The van der Waals surface area contributed by atoms with Gasteiger partial charge in [0.15, 0.2) is 0 Å². The number of carbonyl (C=O) groups is 3. The summed E-state index contributed by atoms with van der Waals surface area (Å²) in [7, 11) is 0. The molecular formula is C42H52O7. The van der Waals surface area contributed by atoms with Crippen LogP contribution in [-0.4, -0.2) is 24.2 Å². The molecular weight excluding hydrogens is 616 g/mol. The average molecular weight is 669 g/mol. The van der Waals surface area contributed by atoms with Crippen molar-refractivity contribution >= 4 is 17.9 Å². The molecule has 0 aliphatic carbocycles. The molecule has 0 N–H and O–H groups in total. The van der Waals surface area contributed by atoms with Crippen LogP contribution < -0.4 is 14.2 Å². The number of hydrogen-bond acceptors (Lipinski definition) is 7. The molecule has 3 aromatic rings. The molecule has 7 heteroatoms. The van der Waals surface area contributed by atoms with Crippen LogP contribution in [-0.2, 0) is 40.8 Å². The molecule has 0 saturated heterocycles. The van der Waals surface area contributed by atoms with Crippen LogP contribution in [0.15, 0.2) is 48.5 Å². The van der Waals surface area contributed by atoms with Crippen LogP contribution in [0.2, 0.25) is 0 Å². The van der Waals surface area contributed by atoms with Crippen LogP contribution >= 0.6 is 0 Å². The van der Waals surface area contributed by atoms with Crippen LogP contribution in [0.25, 0.3) is 0 Å². The number of benzene rings is 3. The Kier molecular flexibility index (Phi) is 9.10. The minimum atomic E-state index is -0.915. The van der Waals surface area contributed by atoms with Gasteiger partial charge in [0.2, 0.25) is 6.29 Å². The van der Waals surface area contributed by atoms with Crippen molar-refractivity contribution < 1.29 is 33.3 Å². The molecule has 3 aromatic carbocycles. The van der Waals surface area contributed by atoms with Gasteiger partial charge in [-0.3, -0.25) is 14.4 Å². The minimum absolute atomic E-state index is 0.108. The van der Waals surface area contributed by atoms with E-state index in [1.165, 1.54) is 0 Å². The second-order valence-corrected chi connectivity index (χ2v) is 17.7. The van der Waals surface area contributed by atoms with Gasteiger partial charge in [0.1, 0.15) is 23.2 Å². The average Bonchev–Trinajstić information content (AvgIpc) is 3.45. The summed E-state index contributed by atoms with van der Waals surface area (Å²) in [6, 6.07) is 15.6. The van der Waals surface area contributed by atoms with Crippen molar-refractivity contribution in [2.45, 2.75) is 136 Å². The third kappa shape index (κ3) is 7.41. The molecule has 5 rings (SSSR count). The zero-order chi connectivity index (χ0) is 36.4. The SMILES string of the molecule is CC(OC(=O)CC1C(=O)Oc2c1cc(C(C)(C)C)cc2C(C)(C)C)Oc1ccc(C2C(=O)Oc3c2cc(C(C)(C)C)cc3C(C)(C)C)cc1. The van der Waals surface area contributed by atoms with Crippen molar-refractivity contribution in [1.82, 2.24) is 0 Å². The number of fused-ring (bicyclic) bond motifs is 2. The maximum Gasteiger partial charge on any atom is 0.323 e. The van der Waals surface area contributed by atoms with Crippen LogP contribution in [0.3, 0.4) is 0 Å². The number of rotatable bonds is 6. The van der Waals surface area contributed by atoms with E-state index in [1.807, 2.05) is 18.2 Å². The quantitative estimate of drug-likeness (QED) is 0.147. The Morgan fingerprint density at radius 1 is 0.673 bits per heavy atom. The van der Waals surface area contributed by atoms with Gasteiger partial charge in [-0.15, -0.1) is 0 Å². The van der Waals surface area contributed by atoms with E-state index >= 15 is 0 Å². The third-order valence-electron chi connectivity index (χ3n) is 9.38. The number of hydrogen-bond donors (Lipinski definition) is 0. The highest BCUT2D eigenvalue weighted by molar-refractivity contribution is 5.91. The van der Waals surface area contributed by atoms with Crippen molar-refractivity contribution in [3.8, 4) is 17.2 Å². The lowest BCUT2D eigenvalue weighted by Crippen LogP contribution is -2.24. The van der Waals surface area contributed by atoms with Gasteiger partial charge in [-0.2, -0.15) is 0 Å². The van der Waals surface area contributed by atoms with Gasteiger partial charge in [0.25, 0.3) is 0 Å². The Bertz CT molecular complexity index is 1790. The largest absolute Gasteiger partial charge is 0.455 e. The van der Waals surface area contributed by atoms with Crippen molar-refractivity contribution in [3.05, 3.63) is 87.5 Å². The van der Waals surface area contributed by atoms with E-state index in [0.717, 1.165) is 38.9 Å². The summed E-state index contributed by atoms with van der Waals surface area (Å²) in [5.74, 6) is -0.974. The maximum absolute atomic E-state index is 13.3. The number of ether oxygens (including phenoxy) is 4. The van der Waals surface area contributed by atoms with Crippen molar-refractivity contribution in [2.75, 3.05) is 0 Å². The van der Waals surface area contributed by atoms with Gasteiger partial charge in [0.05, 0.1) is 12.3 Å². The predicted octanol–water partition coefficient (Wildman–Crippen LogP) is 9.29. The fourth-order valence-electron chi connectivity index (χ4n) is 6.43. The summed E-state index contributed by atoms with van der Waals surface area (Å²) < 4.78 is 23.2. The van der Waals surface area contributed by atoms with Crippen molar-refractivity contribution in [3.63, 3.8) is 0 Å². The van der Waals surface area contributed by atoms with Gasteiger partial charge >= 0.3 is 17.9 Å². The Labute approximate surface area is 291 Å². The molecule has 2 heterocycles. The molecule has 0 aromatic heterocycles. The Hall–Kier alpha value is -4.13. The fourth-order valence-corrected chi connectivity index (χ4v) is 6.43. The lowest BCUT2D eigenvalue weighted by Gasteiger charge is -2.27. The Morgan fingerprint density at radius 2 is 1.14 bits per heavy atom. The standard InChI is InChI=1S/C42H52O7/c1-23(47-33(43)22-29-28-18-25(39(2,3)4)20-31(41(8,9)10)35(28)48-37(29)44)46-27-16-14-24(15-17-27)34-30-19-26(40(5,6)7)21-32(42(11,12)13)36(30)49-38(34)45/h14-21,23,29,34H,22H2,1-13H3. The summed E-state index contributed by atoms with van der Waals surface area (Å²) >= 11 is 0. The van der Waals surface area contributed by atoms with Crippen molar-refractivity contribution in [1.29, 1.82) is 0 Å².